The first kappa shape index (κ1) is 23.5. The second-order valence-electron chi connectivity index (χ2n) is 9.10. The fraction of sp³-hybridized carbons (Fsp3) is 0.458. The minimum Gasteiger partial charge on any atom is -0.444 e. The molecule has 1 aliphatic heterocycles. The Hall–Kier alpha value is -3.16. The van der Waals surface area contributed by atoms with Crippen LogP contribution in [0.25, 0.3) is 0 Å². The third-order valence-electron chi connectivity index (χ3n) is 5.30. The Bertz CT molecular complexity index is 952. The van der Waals surface area contributed by atoms with Crippen molar-refractivity contribution in [2.75, 3.05) is 32.0 Å². The third kappa shape index (κ3) is 6.18. The van der Waals surface area contributed by atoms with E-state index in [0.717, 1.165) is 12.8 Å². The van der Waals surface area contributed by atoms with Gasteiger partial charge in [0.1, 0.15) is 17.2 Å². The van der Waals surface area contributed by atoms with E-state index in [2.05, 4.69) is 10.3 Å². The van der Waals surface area contributed by atoms with Gasteiger partial charge in [0.25, 0.3) is 5.91 Å². The molecule has 2 amide bonds. The topological polar surface area (TPSA) is 74.8 Å². The maximum Gasteiger partial charge on any atom is 0.410 e. The number of hydrogen-bond donors (Lipinski definition) is 1. The highest BCUT2D eigenvalue weighted by Gasteiger charge is 2.28. The molecule has 0 saturated carbocycles. The molecule has 1 fully saturated rings. The van der Waals surface area contributed by atoms with E-state index in [1.807, 2.05) is 20.8 Å². The van der Waals surface area contributed by atoms with Crippen molar-refractivity contribution in [1.82, 2.24) is 14.8 Å². The summed E-state index contributed by atoms with van der Waals surface area (Å²) in [6.45, 7) is 7.28. The van der Waals surface area contributed by atoms with Crippen molar-refractivity contribution in [2.45, 2.75) is 39.2 Å². The number of amides is 2. The first-order chi connectivity index (χ1) is 15.1. The van der Waals surface area contributed by atoms with Gasteiger partial charge in [0, 0.05) is 32.9 Å². The number of carbonyl (C=O) groups excluding carboxylic acids is 2. The number of benzene rings is 1. The fourth-order valence-electron chi connectivity index (χ4n) is 3.66. The van der Waals surface area contributed by atoms with Crippen molar-refractivity contribution in [3.63, 3.8) is 0 Å². The number of aromatic nitrogens is 1. The van der Waals surface area contributed by atoms with Gasteiger partial charge < -0.3 is 19.9 Å². The largest absolute Gasteiger partial charge is 0.444 e. The lowest BCUT2D eigenvalue weighted by atomic mass is 9.96. The van der Waals surface area contributed by atoms with Gasteiger partial charge in [-0.15, -0.1) is 0 Å². The molecule has 0 bridgehead atoms. The van der Waals surface area contributed by atoms with Crippen LogP contribution in [0.15, 0.2) is 42.6 Å². The number of nitrogens with zero attached hydrogens (tertiary/aromatic N) is 3. The summed E-state index contributed by atoms with van der Waals surface area (Å²) in [4.78, 5) is 33.0. The summed E-state index contributed by atoms with van der Waals surface area (Å²) in [5.74, 6) is 0.0678. The number of nitrogens with one attached hydrogen (secondary N) is 1. The summed E-state index contributed by atoms with van der Waals surface area (Å²) in [5, 5.41) is 2.94. The molecule has 8 heteroatoms. The number of hydrogen-bond acceptors (Lipinski definition) is 5. The average Bonchev–Trinajstić information content (AvgIpc) is 2.74. The van der Waals surface area contributed by atoms with Crippen molar-refractivity contribution in [2.24, 2.45) is 5.92 Å². The number of piperidine rings is 1. The minimum atomic E-state index is -0.529. The highest BCUT2D eigenvalue weighted by molar-refractivity contribution is 5.99. The number of pyridine rings is 1. The first-order valence-corrected chi connectivity index (χ1v) is 10.8. The van der Waals surface area contributed by atoms with Crippen LogP contribution in [0.2, 0.25) is 0 Å². The van der Waals surface area contributed by atoms with E-state index in [-0.39, 0.29) is 17.7 Å². The molecule has 3 rings (SSSR count). The summed E-state index contributed by atoms with van der Waals surface area (Å²) in [6.07, 6.45) is 2.80. The van der Waals surface area contributed by atoms with Crippen LogP contribution in [0.1, 0.15) is 44.0 Å². The van der Waals surface area contributed by atoms with E-state index in [1.54, 1.807) is 53.4 Å². The Morgan fingerprint density at radius 3 is 2.53 bits per heavy atom. The molecule has 1 saturated heterocycles. The smallest absolute Gasteiger partial charge is 0.410 e. The Kier molecular flexibility index (Phi) is 7.33. The van der Waals surface area contributed by atoms with Gasteiger partial charge in [-0.1, -0.05) is 12.1 Å². The number of para-hydroxylation sites is 1. The number of anilines is 2. The maximum atomic E-state index is 14.0. The molecule has 1 N–H and O–H groups in total. The molecular formula is C24H31FN4O3. The second kappa shape index (κ2) is 9.97. The number of carbonyl (C=O) groups is 2. The van der Waals surface area contributed by atoms with E-state index in [4.69, 9.17) is 4.74 Å². The Morgan fingerprint density at radius 1 is 1.19 bits per heavy atom. The van der Waals surface area contributed by atoms with Crippen molar-refractivity contribution in [3.05, 3.63) is 54.0 Å². The van der Waals surface area contributed by atoms with Gasteiger partial charge in [0.2, 0.25) is 0 Å². The number of rotatable bonds is 5. The summed E-state index contributed by atoms with van der Waals surface area (Å²) < 4.78 is 19.4. The molecule has 2 aromatic rings. The fourth-order valence-corrected chi connectivity index (χ4v) is 3.66. The summed E-state index contributed by atoms with van der Waals surface area (Å²) in [5.41, 5.74) is 0.142. The van der Waals surface area contributed by atoms with Gasteiger partial charge in [-0.25, -0.2) is 14.2 Å². The summed E-state index contributed by atoms with van der Waals surface area (Å²) in [7, 11) is 1.74. The second-order valence-corrected chi connectivity index (χ2v) is 9.10. The van der Waals surface area contributed by atoms with Gasteiger partial charge in [0.15, 0.2) is 0 Å². The van der Waals surface area contributed by atoms with Crippen molar-refractivity contribution in [1.29, 1.82) is 0 Å². The van der Waals surface area contributed by atoms with Crippen LogP contribution in [-0.2, 0) is 4.74 Å². The molecular weight excluding hydrogens is 411 g/mol. The zero-order valence-electron chi connectivity index (χ0n) is 19.1. The molecule has 172 valence electrons. The lowest BCUT2D eigenvalue weighted by Gasteiger charge is -2.34. The molecule has 1 aromatic carbocycles. The Balaban J connectivity index is 1.59. The van der Waals surface area contributed by atoms with Crippen LogP contribution < -0.4 is 5.32 Å². The van der Waals surface area contributed by atoms with Gasteiger partial charge in [-0.3, -0.25) is 4.79 Å². The van der Waals surface area contributed by atoms with E-state index in [9.17, 15) is 14.0 Å². The normalized spacial score (nSPS) is 14.7. The lowest BCUT2D eigenvalue weighted by molar-refractivity contribution is 0.0246. The van der Waals surface area contributed by atoms with Crippen molar-refractivity contribution >= 4 is 23.5 Å². The molecule has 32 heavy (non-hydrogen) atoms. The van der Waals surface area contributed by atoms with Gasteiger partial charge in [-0.2, -0.15) is 0 Å². The SMILES string of the molecule is CN(CC1CCN(C(=O)c2cccnc2Nc2ccccc2F)CC1)C(=O)OC(C)(C)C. The highest BCUT2D eigenvalue weighted by atomic mass is 19.1. The van der Waals surface area contributed by atoms with Crippen LogP contribution >= 0.6 is 0 Å². The van der Waals surface area contributed by atoms with E-state index in [0.29, 0.717) is 36.9 Å². The highest BCUT2D eigenvalue weighted by Crippen LogP contribution is 2.25. The van der Waals surface area contributed by atoms with E-state index < -0.39 is 11.4 Å². The standard InChI is InChI=1S/C24H31FN4O3/c1-24(2,3)32-23(31)28(4)16-17-11-14-29(15-12-17)22(30)18-8-7-13-26-21(18)27-20-10-6-5-9-19(20)25/h5-10,13,17H,11-12,14-16H2,1-4H3,(H,26,27). The molecule has 0 unspecified atom stereocenters. The minimum absolute atomic E-state index is 0.143. The number of ether oxygens (including phenoxy) is 1. The van der Waals surface area contributed by atoms with Crippen LogP contribution in [0.3, 0.4) is 0 Å². The number of halogens is 1. The zero-order chi connectivity index (χ0) is 23.3. The van der Waals surface area contributed by atoms with Crippen LogP contribution in [0.4, 0.5) is 20.7 Å². The molecule has 0 atom stereocenters. The van der Waals surface area contributed by atoms with Crippen LogP contribution in [0.5, 0.6) is 0 Å². The van der Waals surface area contributed by atoms with E-state index >= 15 is 0 Å². The zero-order valence-corrected chi connectivity index (χ0v) is 19.1. The molecule has 2 heterocycles. The summed E-state index contributed by atoms with van der Waals surface area (Å²) in [6, 6.07) is 9.67. The van der Waals surface area contributed by atoms with Gasteiger partial charge >= 0.3 is 6.09 Å². The number of likely N-dealkylation sites (tertiary alicyclic amines) is 1. The predicted octanol–water partition coefficient (Wildman–Crippen LogP) is 4.68. The quantitative estimate of drug-likeness (QED) is 0.728. The van der Waals surface area contributed by atoms with Crippen molar-refractivity contribution < 1.29 is 18.7 Å². The predicted molar refractivity (Wildman–Crippen MR) is 121 cm³/mol. The first-order valence-electron chi connectivity index (χ1n) is 10.8. The van der Waals surface area contributed by atoms with Crippen LogP contribution in [0, 0.1) is 11.7 Å². The Labute approximate surface area is 188 Å². The lowest BCUT2D eigenvalue weighted by Crippen LogP contribution is -2.43. The summed E-state index contributed by atoms with van der Waals surface area (Å²) >= 11 is 0. The molecule has 0 spiro atoms. The maximum absolute atomic E-state index is 14.0. The molecule has 7 nitrogen and oxygen atoms in total. The average molecular weight is 443 g/mol. The molecule has 0 aliphatic carbocycles. The monoisotopic (exact) mass is 442 g/mol. The third-order valence-corrected chi connectivity index (χ3v) is 5.30. The van der Waals surface area contributed by atoms with Crippen molar-refractivity contribution in [3.8, 4) is 0 Å². The van der Waals surface area contributed by atoms with E-state index in [1.165, 1.54) is 6.07 Å². The Morgan fingerprint density at radius 2 is 1.88 bits per heavy atom. The molecule has 0 radical (unpaired) electrons. The van der Waals surface area contributed by atoms with Crippen LogP contribution in [-0.4, -0.2) is 59.1 Å². The molecule has 1 aliphatic rings. The van der Waals surface area contributed by atoms with Gasteiger partial charge in [0.05, 0.1) is 11.3 Å². The molecule has 1 aromatic heterocycles. The van der Waals surface area contributed by atoms with Gasteiger partial charge in [-0.05, 0) is 63.8 Å².